The summed E-state index contributed by atoms with van der Waals surface area (Å²) in [6, 6.07) is 0. The lowest BCUT2D eigenvalue weighted by molar-refractivity contribution is -0.167. The molecule has 0 saturated carbocycles. The van der Waals surface area contributed by atoms with Gasteiger partial charge in [0, 0.05) is 19.3 Å². The van der Waals surface area contributed by atoms with Crippen LogP contribution >= 0.6 is 0 Å². The number of rotatable bonds is 42. The molecule has 0 aliphatic rings. The first-order valence-corrected chi connectivity index (χ1v) is 23.9. The maximum atomic E-state index is 12.7. The van der Waals surface area contributed by atoms with Crippen molar-refractivity contribution in [3.05, 3.63) is 72.9 Å². The maximum Gasteiger partial charge on any atom is 0.306 e. The van der Waals surface area contributed by atoms with Gasteiger partial charge in [-0.1, -0.05) is 190 Å². The molecule has 0 unspecified atom stereocenters. The third-order valence-electron chi connectivity index (χ3n) is 9.95. The molecule has 0 aliphatic carbocycles. The van der Waals surface area contributed by atoms with Crippen LogP contribution in [-0.2, 0) is 28.6 Å². The highest BCUT2D eigenvalue weighted by atomic mass is 16.6. The van der Waals surface area contributed by atoms with E-state index in [1.165, 1.54) is 83.5 Å². The van der Waals surface area contributed by atoms with Crippen LogP contribution in [-0.4, -0.2) is 37.2 Å². The van der Waals surface area contributed by atoms with E-state index >= 15 is 0 Å². The van der Waals surface area contributed by atoms with E-state index in [0.717, 1.165) is 89.9 Å². The van der Waals surface area contributed by atoms with Gasteiger partial charge in [-0.15, -0.1) is 0 Å². The fraction of sp³-hybridized carbons (Fsp3) is 0.712. The largest absolute Gasteiger partial charge is 0.462 e. The molecule has 0 aromatic carbocycles. The van der Waals surface area contributed by atoms with Crippen LogP contribution in [0, 0.1) is 0 Å². The van der Waals surface area contributed by atoms with Crippen molar-refractivity contribution in [2.24, 2.45) is 0 Å². The third-order valence-corrected chi connectivity index (χ3v) is 9.95. The topological polar surface area (TPSA) is 78.9 Å². The molecular weight excluding hydrogens is 721 g/mol. The van der Waals surface area contributed by atoms with Gasteiger partial charge in [0.1, 0.15) is 13.2 Å². The van der Waals surface area contributed by atoms with Crippen molar-refractivity contribution in [2.75, 3.05) is 13.2 Å². The van der Waals surface area contributed by atoms with E-state index in [4.69, 9.17) is 14.2 Å². The Morgan fingerprint density at radius 2 is 0.690 bits per heavy atom. The second-order valence-electron chi connectivity index (χ2n) is 15.6. The van der Waals surface area contributed by atoms with E-state index < -0.39 is 6.10 Å². The van der Waals surface area contributed by atoms with Gasteiger partial charge >= 0.3 is 17.9 Å². The molecule has 0 aromatic heterocycles. The van der Waals surface area contributed by atoms with E-state index in [1.54, 1.807) is 0 Å². The number of esters is 3. The van der Waals surface area contributed by atoms with Crippen LogP contribution in [0.3, 0.4) is 0 Å². The van der Waals surface area contributed by atoms with Gasteiger partial charge < -0.3 is 14.2 Å². The molecule has 0 radical (unpaired) electrons. The zero-order valence-corrected chi connectivity index (χ0v) is 37.8. The summed E-state index contributed by atoms with van der Waals surface area (Å²) in [5, 5.41) is 0. The zero-order valence-electron chi connectivity index (χ0n) is 37.8. The Morgan fingerprint density at radius 3 is 1.14 bits per heavy atom. The van der Waals surface area contributed by atoms with Crippen molar-refractivity contribution in [1.82, 2.24) is 0 Å². The second-order valence-corrected chi connectivity index (χ2v) is 15.6. The number of ether oxygens (including phenoxy) is 3. The normalized spacial score (nSPS) is 12.7. The summed E-state index contributed by atoms with van der Waals surface area (Å²) in [5.41, 5.74) is 0. The first kappa shape index (κ1) is 54.9. The quantitative estimate of drug-likeness (QED) is 0.0264. The van der Waals surface area contributed by atoms with Gasteiger partial charge in [0.25, 0.3) is 0 Å². The van der Waals surface area contributed by atoms with E-state index in [1.807, 2.05) is 0 Å². The first-order valence-electron chi connectivity index (χ1n) is 23.9. The summed E-state index contributed by atoms with van der Waals surface area (Å²) in [7, 11) is 0. The van der Waals surface area contributed by atoms with E-state index in [0.29, 0.717) is 19.3 Å². The van der Waals surface area contributed by atoms with Crippen LogP contribution in [0.4, 0.5) is 0 Å². The Hall–Kier alpha value is -3.15. The average molecular weight is 809 g/mol. The zero-order chi connectivity index (χ0) is 42.3. The number of hydrogen-bond acceptors (Lipinski definition) is 6. The number of carbonyl (C=O) groups excluding carboxylic acids is 3. The molecule has 0 fully saturated rings. The fourth-order valence-electron chi connectivity index (χ4n) is 6.35. The smallest absolute Gasteiger partial charge is 0.306 e. The van der Waals surface area contributed by atoms with E-state index in [2.05, 4.69) is 93.7 Å². The van der Waals surface area contributed by atoms with Crippen LogP contribution < -0.4 is 0 Å². The van der Waals surface area contributed by atoms with Gasteiger partial charge in [0.15, 0.2) is 6.10 Å². The minimum atomic E-state index is -0.798. The van der Waals surface area contributed by atoms with Gasteiger partial charge in [0.2, 0.25) is 0 Å². The molecule has 0 bridgehead atoms. The number of allylic oxidation sites excluding steroid dienone is 12. The molecule has 332 valence electrons. The summed E-state index contributed by atoms with van der Waals surface area (Å²) in [4.78, 5) is 37.7. The summed E-state index contributed by atoms with van der Waals surface area (Å²) in [5.74, 6) is -0.971. The Kier molecular flexibility index (Phi) is 44.0. The van der Waals surface area contributed by atoms with Crippen molar-refractivity contribution in [3.8, 4) is 0 Å². The Labute approximate surface area is 357 Å². The van der Waals surface area contributed by atoms with Crippen LogP contribution in [0.5, 0.6) is 0 Å². The standard InChI is InChI=1S/C52H88O6/c1-4-7-10-13-16-19-21-23-25-26-27-29-30-33-36-39-42-45-51(54)57-48-49(47-56-50(53)44-41-38-35-32-18-15-12-9-6-3)58-52(55)46-43-40-37-34-31-28-24-22-20-17-14-11-8-5-2/h7,10,16,19,22-25,27,29,33,36,49H,4-6,8-9,11-15,17-18,20-21,26,28,30-32,34-35,37-48H2,1-3H3/b10-7-,19-16-,24-22-,25-23-,29-27-,36-33-/t49-/m1/s1. The molecule has 0 rings (SSSR count). The molecule has 0 N–H and O–H groups in total. The van der Waals surface area contributed by atoms with Gasteiger partial charge in [-0.25, -0.2) is 0 Å². The maximum absolute atomic E-state index is 12.7. The highest BCUT2D eigenvalue weighted by Crippen LogP contribution is 2.13. The number of carbonyl (C=O) groups is 3. The lowest BCUT2D eigenvalue weighted by Gasteiger charge is -2.18. The predicted octanol–water partition coefficient (Wildman–Crippen LogP) is 15.5. The lowest BCUT2D eigenvalue weighted by Crippen LogP contribution is -2.30. The molecule has 6 nitrogen and oxygen atoms in total. The summed E-state index contributed by atoms with van der Waals surface area (Å²) < 4.78 is 16.7. The van der Waals surface area contributed by atoms with Gasteiger partial charge in [0.05, 0.1) is 0 Å². The first-order chi connectivity index (χ1) is 28.5. The number of hydrogen-bond donors (Lipinski definition) is 0. The summed E-state index contributed by atoms with van der Waals surface area (Å²) >= 11 is 0. The van der Waals surface area contributed by atoms with Crippen molar-refractivity contribution < 1.29 is 28.6 Å². The highest BCUT2D eigenvalue weighted by molar-refractivity contribution is 5.71. The highest BCUT2D eigenvalue weighted by Gasteiger charge is 2.19. The Balaban J connectivity index is 4.46. The van der Waals surface area contributed by atoms with Crippen molar-refractivity contribution in [2.45, 2.75) is 226 Å². The lowest BCUT2D eigenvalue weighted by atomic mass is 10.1. The van der Waals surface area contributed by atoms with E-state index in [-0.39, 0.29) is 37.5 Å². The van der Waals surface area contributed by atoms with Crippen LogP contribution in [0.2, 0.25) is 0 Å². The fourth-order valence-corrected chi connectivity index (χ4v) is 6.35. The summed E-state index contributed by atoms with van der Waals surface area (Å²) in [6.07, 6.45) is 57.5. The van der Waals surface area contributed by atoms with E-state index in [9.17, 15) is 14.4 Å². The van der Waals surface area contributed by atoms with Crippen LogP contribution in [0.25, 0.3) is 0 Å². The molecule has 0 saturated heterocycles. The van der Waals surface area contributed by atoms with Gasteiger partial charge in [-0.05, 0) is 83.5 Å². The molecule has 0 amide bonds. The molecule has 6 heteroatoms. The molecular formula is C52H88O6. The molecule has 0 spiro atoms. The Morgan fingerprint density at radius 1 is 0.362 bits per heavy atom. The van der Waals surface area contributed by atoms with Crippen molar-refractivity contribution in [1.29, 1.82) is 0 Å². The molecule has 58 heavy (non-hydrogen) atoms. The third kappa shape index (κ3) is 44.0. The molecule has 0 heterocycles. The summed E-state index contributed by atoms with van der Waals surface area (Å²) in [6.45, 7) is 6.43. The minimum absolute atomic E-state index is 0.0957. The van der Waals surface area contributed by atoms with Gasteiger partial charge in [-0.3, -0.25) is 14.4 Å². The second kappa shape index (κ2) is 46.5. The molecule has 0 aliphatic heterocycles. The monoisotopic (exact) mass is 809 g/mol. The van der Waals surface area contributed by atoms with Crippen molar-refractivity contribution >= 4 is 17.9 Å². The number of unbranched alkanes of at least 4 members (excludes halogenated alkanes) is 19. The van der Waals surface area contributed by atoms with Crippen LogP contribution in [0.1, 0.15) is 220 Å². The minimum Gasteiger partial charge on any atom is -0.462 e. The Bertz CT molecular complexity index is 1110. The SMILES string of the molecule is CC/C=C\C/C=C\C/C=C\C/C=C\C/C=C\CCCC(=O)OC[C@@H](COC(=O)CCCCCCCCCCC)OC(=O)CCCCCCC/C=C\CCCCCCC. The molecule has 0 aromatic rings. The van der Waals surface area contributed by atoms with Crippen LogP contribution in [0.15, 0.2) is 72.9 Å². The average Bonchev–Trinajstić information content (AvgIpc) is 3.22. The van der Waals surface area contributed by atoms with Gasteiger partial charge in [-0.2, -0.15) is 0 Å². The molecule has 1 atom stereocenters. The van der Waals surface area contributed by atoms with Crippen molar-refractivity contribution in [3.63, 3.8) is 0 Å². The predicted molar refractivity (Wildman–Crippen MR) is 247 cm³/mol.